The molecule has 0 unspecified atom stereocenters. The van der Waals surface area contributed by atoms with Crippen molar-refractivity contribution in [1.82, 2.24) is 0 Å². The Morgan fingerprint density at radius 1 is 1.24 bits per heavy atom. The van der Waals surface area contributed by atoms with E-state index in [-0.39, 0.29) is 0 Å². The SMILES string of the molecule is Cc1ccc(C)c(COS(=O)(=O)C(F)(F)F)c1. The summed E-state index contributed by atoms with van der Waals surface area (Å²) in [7, 11) is -5.53. The first kappa shape index (κ1) is 14.0. The highest BCUT2D eigenvalue weighted by Crippen LogP contribution is 2.26. The third-order valence-corrected chi connectivity index (χ3v) is 3.15. The van der Waals surface area contributed by atoms with Crippen LogP contribution in [0.3, 0.4) is 0 Å². The summed E-state index contributed by atoms with van der Waals surface area (Å²) in [5, 5.41) is 0. The molecular weight excluding hydrogens is 257 g/mol. The predicted octanol–water partition coefficient (Wildman–Crippen LogP) is 2.67. The summed E-state index contributed by atoms with van der Waals surface area (Å²) < 4.78 is 61.3. The first-order valence-corrected chi connectivity index (χ1v) is 6.06. The second-order valence-electron chi connectivity index (χ2n) is 3.59. The van der Waals surface area contributed by atoms with E-state index in [0.29, 0.717) is 11.1 Å². The molecule has 0 heterocycles. The van der Waals surface area contributed by atoms with Crippen LogP contribution in [0.15, 0.2) is 18.2 Å². The Labute approximate surface area is 97.3 Å². The van der Waals surface area contributed by atoms with Crippen LogP contribution in [-0.4, -0.2) is 13.9 Å². The molecule has 0 radical (unpaired) electrons. The van der Waals surface area contributed by atoms with Crippen molar-refractivity contribution >= 4 is 10.1 Å². The van der Waals surface area contributed by atoms with Crippen molar-refractivity contribution in [3.63, 3.8) is 0 Å². The topological polar surface area (TPSA) is 43.4 Å². The van der Waals surface area contributed by atoms with Gasteiger partial charge in [-0.25, -0.2) is 0 Å². The van der Waals surface area contributed by atoms with Crippen LogP contribution in [0.4, 0.5) is 13.2 Å². The number of hydrogen-bond acceptors (Lipinski definition) is 3. The van der Waals surface area contributed by atoms with Crippen molar-refractivity contribution in [2.75, 3.05) is 0 Å². The van der Waals surface area contributed by atoms with E-state index in [2.05, 4.69) is 4.18 Å². The Morgan fingerprint density at radius 2 is 1.82 bits per heavy atom. The fraction of sp³-hybridized carbons (Fsp3) is 0.400. The fourth-order valence-electron chi connectivity index (χ4n) is 1.16. The van der Waals surface area contributed by atoms with Gasteiger partial charge in [-0.3, -0.25) is 4.18 Å². The maximum Gasteiger partial charge on any atom is 0.523 e. The summed E-state index contributed by atoms with van der Waals surface area (Å²) >= 11 is 0. The lowest BCUT2D eigenvalue weighted by atomic mass is 10.1. The van der Waals surface area contributed by atoms with Gasteiger partial charge < -0.3 is 0 Å². The minimum Gasteiger partial charge on any atom is -0.258 e. The lowest BCUT2D eigenvalue weighted by molar-refractivity contribution is -0.0548. The molecular formula is C10H11F3O3S. The smallest absolute Gasteiger partial charge is 0.258 e. The van der Waals surface area contributed by atoms with Crippen molar-refractivity contribution < 1.29 is 25.8 Å². The molecule has 0 aliphatic heterocycles. The Hall–Kier alpha value is -1.08. The molecule has 0 bridgehead atoms. The van der Waals surface area contributed by atoms with E-state index in [1.165, 1.54) is 0 Å². The molecule has 96 valence electrons. The Balaban J connectivity index is 2.85. The van der Waals surface area contributed by atoms with E-state index >= 15 is 0 Å². The van der Waals surface area contributed by atoms with E-state index in [1.807, 2.05) is 0 Å². The Bertz CT molecular complexity index is 506. The van der Waals surface area contributed by atoms with Crippen LogP contribution >= 0.6 is 0 Å². The van der Waals surface area contributed by atoms with Gasteiger partial charge in [-0.2, -0.15) is 21.6 Å². The summed E-state index contributed by atoms with van der Waals surface area (Å²) in [6.07, 6.45) is 0. The molecule has 3 nitrogen and oxygen atoms in total. The van der Waals surface area contributed by atoms with Gasteiger partial charge in [0.15, 0.2) is 0 Å². The summed E-state index contributed by atoms with van der Waals surface area (Å²) in [5.74, 6) is 0. The zero-order valence-corrected chi connectivity index (χ0v) is 10.0. The molecule has 7 heteroatoms. The van der Waals surface area contributed by atoms with Gasteiger partial charge in [0, 0.05) is 0 Å². The largest absolute Gasteiger partial charge is 0.523 e. The molecule has 0 aliphatic rings. The molecule has 0 fully saturated rings. The van der Waals surface area contributed by atoms with Gasteiger partial charge in [0.1, 0.15) is 0 Å². The molecule has 0 spiro atoms. The normalized spacial score (nSPS) is 12.8. The zero-order chi connectivity index (χ0) is 13.3. The second kappa shape index (κ2) is 4.66. The molecule has 1 aromatic rings. The highest BCUT2D eigenvalue weighted by Gasteiger charge is 2.47. The second-order valence-corrected chi connectivity index (χ2v) is 5.20. The molecule has 0 amide bonds. The van der Waals surface area contributed by atoms with Crippen LogP contribution in [-0.2, 0) is 20.9 Å². The number of halogens is 3. The maximum atomic E-state index is 12.0. The van der Waals surface area contributed by atoms with Gasteiger partial charge in [-0.15, -0.1) is 0 Å². The monoisotopic (exact) mass is 268 g/mol. The summed E-state index contributed by atoms with van der Waals surface area (Å²) in [6, 6.07) is 5.05. The van der Waals surface area contributed by atoms with Crippen LogP contribution in [0.1, 0.15) is 16.7 Å². The third-order valence-electron chi connectivity index (χ3n) is 2.16. The van der Waals surface area contributed by atoms with Crippen LogP contribution in [0.5, 0.6) is 0 Å². The first-order valence-electron chi connectivity index (χ1n) is 4.65. The highest BCUT2D eigenvalue weighted by molar-refractivity contribution is 7.87. The number of benzene rings is 1. The standard InChI is InChI=1S/C10H11F3O3S/c1-7-3-4-8(2)9(5-7)6-16-17(14,15)10(11,12)13/h3-5H,6H2,1-2H3. The van der Waals surface area contributed by atoms with Gasteiger partial charge in [-0.05, 0) is 25.0 Å². The molecule has 1 aromatic carbocycles. The quantitative estimate of drug-likeness (QED) is 0.625. The fourth-order valence-corrected chi connectivity index (χ4v) is 1.58. The summed E-state index contributed by atoms with van der Waals surface area (Å²) in [4.78, 5) is 0. The number of aryl methyl sites for hydroxylation is 2. The lowest BCUT2D eigenvalue weighted by Crippen LogP contribution is -2.25. The van der Waals surface area contributed by atoms with Crippen molar-refractivity contribution in [2.45, 2.75) is 26.0 Å². The average molecular weight is 268 g/mol. The van der Waals surface area contributed by atoms with Crippen LogP contribution in [0, 0.1) is 13.8 Å². The number of alkyl halides is 3. The van der Waals surface area contributed by atoms with Crippen molar-refractivity contribution in [3.8, 4) is 0 Å². The minimum atomic E-state index is -5.53. The van der Waals surface area contributed by atoms with Crippen LogP contribution in [0.25, 0.3) is 0 Å². The summed E-state index contributed by atoms with van der Waals surface area (Å²) in [6.45, 7) is 2.80. The van der Waals surface area contributed by atoms with Gasteiger partial charge in [0.25, 0.3) is 0 Å². The van der Waals surface area contributed by atoms with Gasteiger partial charge in [-0.1, -0.05) is 23.8 Å². The lowest BCUT2D eigenvalue weighted by Gasteiger charge is -2.10. The van der Waals surface area contributed by atoms with Crippen molar-refractivity contribution in [3.05, 3.63) is 34.9 Å². The third kappa shape index (κ3) is 3.44. The number of hydrogen-bond donors (Lipinski definition) is 0. The molecule has 0 aromatic heterocycles. The van der Waals surface area contributed by atoms with E-state index in [9.17, 15) is 21.6 Å². The van der Waals surface area contributed by atoms with Crippen LogP contribution in [0.2, 0.25) is 0 Å². The maximum absolute atomic E-state index is 12.0. The van der Waals surface area contributed by atoms with E-state index in [4.69, 9.17) is 0 Å². The Morgan fingerprint density at radius 3 is 2.35 bits per heavy atom. The minimum absolute atomic E-state index is 0.415. The van der Waals surface area contributed by atoms with E-state index in [0.717, 1.165) is 5.56 Å². The first-order chi connectivity index (χ1) is 7.63. The van der Waals surface area contributed by atoms with E-state index < -0.39 is 22.2 Å². The zero-order valence-electron chi connectivity index (χ0n) is 9.21. The highest BCUT2D eigenvalue weighted by atomic mass is 32.2. The molecule has 0 N–H and O–H groups in total. The number of rotatable bonds is 3. The molecule has 1 rings (SSSR count). The molecule has 0 saturated heterocycles. The molecule has 0 aliphatic carbocycles. The van der Waals surface area contributed by atoms with Gasteiger partial charge >= 0.3 is 15.6 Å². The molecule has 0 saturated carbocycles. The molecule has 17 heavy (non-hydrogen) atoms. The van der Waals surface area contributed by atoms with E-state index in [1.54, 1.807) is 32.0 Å². The van der Waals surface area contributed by atoms with Gasteiger partial charge in [0.05, 0.1) is 6.61 Å². The Kier molecular flexibility index (Phi) is 3.83. The average Bonchev–Trinajstić information content (AvgIpc) is 2.18. The van der Waals surface area contributed by atoms with Gasteiger partial charge in [0.2, 0.25) is 0 Å². The summed E-state index contributed by atoms with van der Waals surface area (Å²) in [5.41, 5.74) is -3.48. The van der Waals surface area contributed by atoms with Crippen LogP contribution < -0.4 is 0 Å². The predicted molar refractivity (Wildman–Crippen MR) is 55.7 cm³/mol. The molecule has 0 atom stereocenters. The van der Waals surface area contributed by atoms with Crippen molar-refractivity contribution in [2.24, 2.45) is 0 Å². The van der Waals surface area contributed by atoms with Crippen molar-refractivity contribution in [1.29, 1.82) is 0 Å².